The van der Waals surface area contributed by atoms with Gasteiger partial charge in [-0.3, -0.25) is 4.79 Å². The van der Waals surface area contributed by atoms with Crippen molar-refractivity contribution in [3.63, 3.8) is 0 Å². The van der Waals surface area contributed by atoms with Crippen molar-refractivity contribution < 1.29 is 14.0 Å². The number of hydrogen-bond acceptors (Lipinski definition) is 3. The fraction of sp³-hybridized carbons (Fsp3) is 0.308. The van der Waals surface area contributed by atoms with Crippen molar-refractivity contribution >= 4 is 12.1 Å². The van der Waals surface area contributed by atoms with Gasteiger partial charge in [0.1, 0.15) is 12.4 Å². The summed E-state index contributed by atoms with van der Waals surface area (Å²) in [6, 6.07) is 7.81. The van der Waals surface area contributed by atoms with Crippen molar-refractivity contribution in [2.75, 3.05) is 13.3 Å². The minimum atomic E-state index is 0.253. The number of halogens is 1. The number of nitrogens with zero attached hydrogens (tertiary/aromatic N) is 1. The van der Waals surface area contributed by atoms with E-state index >= 15 is 0 Å². The van der Waals surface area contributed by atoms with Gasteiger partial charge >= 0.3 is 0 Å². The molecule has 0 radical (unpaired) electrons. The molecule has 0 aliphatic carbocycles. The number of hydrogen-bond donors (Lipinski definition) is 1. The lowest BCUT2D eigenvalue weighted by atomic mass is 10.1. The molecular weight excluding hydrogens is 235 g/mol. The van der Waals surface area contributed by atoms with Gasteiger partial charge in [0.15, 0.2) is 0 Å². The Morgan fingerprint density at radius 2 is 2.06 bits per heavy atom. The predicted molar refractivity (Wildman–Crippen MR) is 65.7 cm³/mol. The summed E-state index contributed by atoms with van der Waals surface area (Å²) in [6.45, 7) is 0.856. The summed E-state index contributed by atoms with van der Waals surface area (Å²) >= 11 is 0. The Morgan fingerprint density at radius 1 is 1.33 bits per heavy atom. The van der Waals surface area contributed by atoms with Crippen molar-refractivity contribution in [2.45, 2.75) is 12.8 Å². The zero-order valence-corrected chi connectivity index (χ0v) is 9.93. The van der Waals surface area contributed by atoms with Crippen LogP contribution in [0.2, 0.25) is 0 Å². The molecule has 0 atom stereocenters. The van der Waals surface area contributed by atoms with Crippen LogP contribution in [0, 0.1) is 0 Å². The third-order valence-electron chi connectivity index (χ3n) is 2.67. The molecule has 2 rings (SSSR count). The molecule has 1 aromatic rings. The molecule has 0 fully saturated rings. The van der Waals surface area contributed by atoms with E-state index in [4.69, 9.17) is 4.74 Å². The smallest absolute Gasteiger partial charge is 0.208 e. The number of aryl methyl sites for hydroxylation is 1. The molecule has 4 nitrogen and oxygen atoms in total. The quantitative estimate of drug-likeness (QED) is 0.331. The zero-order chi connectivity index (χ0) is 12.8. The molecule has 0 saturated carbocycles. The number of rotatable bonds is 8. The third kappa shape index (κ3) is 3.56. The van der Waals surface area contributed by atoms with Crippen LogP contribution in [0.3, 0.4) is 0 Å². The van der Waals surface area contributed by atoms with Crippen LogP contribution in [0.4, 0.5) is 4.48 Å². The Bertz CT molecular complexity index is 431. The summed E-state index contributed by atoms with van der Waals surface area (Å²) in [6.07, 6.45) is 3.85. The molecule has 0 unspecified atom stereocenters. The topological polar surface area (TPSA) is 41.3 Å². The highest BCUT2D eigenvalue weighted by Crippen LogP contribution is 2.31. The highest BCUT2D eigenvalue weighted by Gasteiger charge is 2.21. The molecule has 96 valence electrons. The second-order valence-electron chi connectivity index (χ2n) is 4.00. The average molecular weight is 250 g/mol. The molecule has 0 bridgehead atoms. The van der Waals surface area contributed by atoms with E-state index in [0.29, 0.717) is 23.8 Å². The van der Waals surface area contributed by atoms with Crippen molar-refractivity contribution in [1.29, 1.82) is 0 Å². The Morgan fingerprint density at radius 3 is 2.67 bits per heavy atom. The lowest BCUT2D eigenvalue weighted by molar-refractivity contribution is -0.111. The van der Waals surface area contributed by atoms with Crippen LogP contribution < -0.4 is 5.32 Å². The molecule has 0 spiro atoms. The van der Waals surface area contributed by atoms with E-state index in [9.17, 15) is 9.28 Å². The van der Waals surface area contributed by atoms with E-state index in [1.165, 1.54) is 11.8 Å². The van der Waals surface area contributed by atoms with Crippen LogP contribution in [0.15, 0.2) is 30.5 Å². The average Bonchev–Trinajstić information content (AvgIpc) is 3.12. The molecule has 1 aromatic carbocycles. The van der Waals surface area contributed by atoms with Gasteiger partial charge in [0.05, 0.1) is 6.20 Å². The fourth-order valence-electron chi connectivity index (χ4n) is 1.66. The number of benzene rings is 1. The van der Waals surface area contributed by atoms with Crippen molar-refractivity contribution in [2.24, 2.45) is 0 Å². The van der Waals surface area contributed by atoms with Crippen LogP contribution in [-0.2, 0) is 16.0 Å². The lowest BCUT2D eigenvalue weighted by Crippen LogP contribution is -2.15. The maximum Gasteiger partial charge on any atom is 0.208 e. The Balaban J connectivity index is 1.67. The largest absolute Gasteiger partial charge is 0.361 e. The third-order valence-corrected chi connectivity index (χ3v) is 2.67. The van der Waals surface area contributed by atoms with E-state index in [-0.39, 0.29) is 6.73 Å². The van der Waals surface area contributed by atoms with Gasteiger partial charge < -0.3 is 10.1 Å². The van der Waals surface area contributed by atoms with Gasteiger partial charge in [-0.25, -0.2) is 0 Å². The fourth-order valence-corrected chi connectivity index (χ4v) is 1.66. The first-order valence-corrected chi connectivity index (χ1v) is 5.82. The summed E-state index contributed by atoms with van der Waals surface area (Å²) < 4.78 is 17.8. The first kappa shape index (κ1) is 12.6. The molecular formula is C13H15FN2O2. The first-order chi connectivity index (χ1) is 8.81. The molecule has 1 heterocycles. The number of carbonyl (C=O) groups excluding carboxylic acids is 1. The van der Waals surface area contributed by atoms with Gasteiger partial charge in [0, 0.05) is 12.2 Å². The van der Waals surface area contributed by atoms with Crippen LogP contribution in [0.1, 0.15) is 17.5 Å². The molecule has 1 aliphatic heterocycles. The number of nitrogens with one attached hydrogen (secondary N) is 1. The first-order valence-electron chi connectivity index (χ1n) is 5.82. The second-order valence-corrected chi connectivity index (χ2v) is 4.00. The Kier molecular flexibility index (Phi) is 4.30. The van der Waals surface area contributed by atoms with Crippen molar-refractivity contribution in [3.8, 4) is 0 Å². The normalized spacial score (nSPS) is 13.2. The second kappa shape index (κ2) is 6.16. The van der Waals surface area contributed by atoms with E-state index in [1.807, 2.05) is 24.3 Å². The van der Waals surface area contributed by atoms with Crippen LogP contribution in [0.5, 0.6) is 0 Å². The number of ether oxygens (including phenoxy) is 1. The highest BCUT2D eigenvalue weighted by atomic mass is 19.2. The lowest BCUT2D eigenvalue weighted by Gasteiger charge is -2.04. The van der Waals surface area contributed by atoms with Gasteiger partial charge in [0.2, 0.25) is 6.41 Å². The number of amides is 1. The maximum absolute atomic E-state index is 12.6. The van der Waals surface area contributed by atoms with Crippen molar-refractivity contribution in [3.05, 3.63) is 41.6 Å². The molecule has 1 N–H and O–H groups in total. The monoisotopic (exact) mass is 250 g/mol. The van der Waals surface area contributed by atoms with E-state index in [0.717, 1.165) is 18.4 Å². The zero-order valence-electron chi connectivity index (χ0n) is 9.93. The van der Waals surface area contributed by atoms with Crippen LogP contribution in [-0.4, -0.2) is 24.9 Å². The molecule has 0 saturated heterocycles. The SMILES string of the molecule is O=CNCOCCCc1ccc(C2=CN2F)cc1. The van der Waals surface area contributed by atoms with E-state index in [2.05, 4.69) is 5.32 Å². The van der Waals surface area contributed by atoms with Gasteiger partial charge in [-0.2, -0.15) is 5.12 Å². The Hall–Kier alpha value is -1.88. The van der Waals surface area contributed by atoms with Gasteiger partial charge in [-0.05, 0) is 18.4 Å². The summed E-state index contributed by atoms with van der Waals surface area (Å²) in [5, 5.41) is 3.04. The van der Waals surface area contributed by atoms with E-state index < -0.39 is 0 Å². The van der Waals surface area contributed by atoms with Crippen molar-refractivity contribution in [1.82, 2.24) is 10.4 Å². The van der Waals surface area contributed by atoms with Gasteiger partial charge in [0.25, 0.3) is 0 Å². The standard InChI is InChI=1S/C13H15FN2O2/c14-16-8-13(16)12-5-3-11(4-6-12)2-1-7-18-10-15-9-17/h3-6,8-9H,1-2,7,10H2,(H,15,17). The molecule has 0 aromatic heterocycles. The van der Waals surface area contributed by atoms with E-state index in [1.54, 1.807) is 0 Å². The minimum Gasteiger partial charge on any atom is -0.361 e. The summed E-state index contributed by atoms with van der Waals surface area (Å²) in [4.78, 5) is 9.95. The molecule has 18 heavy (non-hydrogen) atoms. The molecule has 5 heteroatoms. The molecule has 1 aliphatic rings. The van der Waals surface area contributed by atoms with Crippen LogP contribution in [0.25, 0.3) is 5.70 Å². The summed E-state index contributed by atoms with van der Waals surface area (Å²) in [5.74, 6) is 0. The predicted octanol–water partition coefficient (Wildman–Crippen LogP) is 1.84. The molecule has 1 amide bonds. The summed E-state index contributed by atoms with van der Waals surface area (Å²) in [7, 11) is 0. The minimum absolute atomic E-state index is 0.253. The summed E-state index contributed by atoms with van der Waals surface area (Å²) in [5.41, 5.74) is 2.72. The van der Waals surface area contributed by atoms with Gasteiger partial charge in [-0.15, -0.1) is 0 Å². The maximum atomic E-state index is 12.6. The number of carbonyl (C=O) groups is 1. The van der Waals surface area contributed by atoms with Gasteiger partial charge in [-0.1, -0.05) is 28.7 Å². The van der Waals surface area contributed by atoms with Crippen LogP contribution >= 0.6 is 0 Å². The Labute approximate surface area is 105 Å². The highest BCUT2D eigenvalue weighted by molar-refractivity contribution is 5.73.